The van der Waals surface area contributed by atoms with E-state index >= 15 is 0 Å². The van der Waals surface area contributed by atoms with Crippen molar-refractivity contribution in [3.05, 3.63) is 59.3 Å². The summed E-state index contributed by atoms with van der Waals surface area (Å²) in [6.07, 6.45) is 11.0. The highest BCUT2D eigenvalue weighted by atomic mass is 32.1. The van der Waals surface area contributed by atoms with E-state index in [-0.39, 0.29) is 18.0 Å². The molecule has 2 heterocycles. The maximum atomic E-state index is 11.4. The number of aromatic nitrogens is 2. The van der Waals surface area contributed by atoms with Crippen LogP contribution in [0.4, 0.5) is 0 Å². The Kier molecular flexibility index (Phi) is 6.09. The fourth-order valence-corrected chi connectivity index (χ4v) is 4.09. The Morgan fingerprint density at radius 1 is 1.13 bits per heavy atom. The first-order chi connectivity index (χ1) is 14.6. The SMILES string of the molecule is COC(=O)C1CC(Oc2ccc(/C=C/C=C/c3nc4ccc(OC)cc4s3)cn2)C1. The molecule has 7 heteroatoms. The van der Waals surface area contributed by atoms with Gasteiger partial charge in [0, 0.05) is 12.3 Å². The van der Waals surface area contributed by atoms with E-state index in [9.17, 15) is 4.79 Å². The van der Waals surface area contributed by atoms with Crippen molar-refractivity contribution in [1.29, 1.82) is 0 Å². The zero-order valence-electron chi connectivity index (χ0n) is 16.8. The van der Waals surface area contributed by atoms with Crippen molar-refractivity contribution < 1.29 is 19.0 Å². The molecule has 4 rings (SSSR count). The summed E-state index contributed by atoms with van der Waals surface area (Å²) < 4.78 is 16.9. The highest BCUT2D eigenvalue weighted by Crippen LogP contribution is 2.31. The molecule has 0 amide bonds. The fourth-order valence-electron chi connectivity index (χ4n) is 3.18. The van der Waals surface area contributed by atoms with Gasteiger partial charge in [0.05, 0.1) is 30.4 Å². The molecule has 30 heavy (non-hydrogen) atoms. The number of esters is 1. The molecule has 0 aliphatic heterocycles. The average Bonchev–Trinajstić information content (AvgIpc) is 3.15. The van der Waals surface area contributed by atoms with Gasteiger partial charge in [-0.1, -0.05) is 18.2 Å². The summed E-state index contributed by atoms with van der Waals surface area (Å²) in [6.45, 7) is 0. The molecule has 1 aliphatic carbocycles. The zero-order chi connectivity index (χ0) is 20.9. The van der Waals surface area contributed by atoms with Crippen LogP contribution in [-0.4, -0.2) is 36.3 Å². The lowest BCUT2D eigenvalue weighted by Crippen LogP contribution is -2.38. The van der Waals surface area contributed by atoms with Crippen LogP contribution in [0.2, 0.25) is 0 Å². The Hall–Kier alpha value is -3.19. The summed E-state index contributed by atoms with van der Waals surface area (Å²) in [5.41, 5.74) is 1.94. The predicted molar refractivity (Wildman–Crippen MR) is 118 cm³/mol. The molecule has 1 fully saturated rings. The van der Waals surface area contributed by atoms with Crippen LogP contribution in [0.15, 0.2) is 48.7 Å². The number of benzene rings is 1. The van der Waals surface area contributed by atoms with Crippen LogP contribution in [0, 0.1) is 5.92 Å². The number of hydrogen-bond acceptors (Lipinski definition) is 7. The molecule has 3 aromatic rings. The maximum absolute atomic E-state index is 11.4. The van der Waals surface area contributed by atoms with Gasteiger partial charge in [-0.15, -0.1) is 11.3 Å². The first kappa shape index (κ1) is 20.1. The van der Waals surface area contributed by atoms with Crippen LogP contribution >= 0.6 is 11.3 Å². The number of methoxy groups -OCH3 is 2. The molecule has 0 atom stereocenters. The second-order valence-electron chi connectivity index (χ2n) is 6.97. The van der Waals surface area contributed by atoms with Crippen LogP contribution in [0.1, 0.15) is 23.4 Å². The van der Waals surface area contributed by atoms with Crippen molar-refractivity contribution in [3.8, 4) is 11.6 Å². The standard InChI is InChI=1S/C23H22N2O4S/c1-27-17-8-9-19-20(13-17)30-22(25-19)6-4-3-5-15-7-10-21(24-14-15)29-18-11-16(12-18)23(26)28-2/h3-10,13-14,16,18H,11-12H2,1-2H3/b5-3+,6-4+. The molecule has 1 aliphatic rings. The van der Waals surface area contributed by atoms with Crippen LogP contribution in [-0.2, 0) is 9.53 Å². The van der Waals surface area contributed by atoms with Gasteiger partial charge in [0.2, 0.25) is 5.88 Å². The third kappa shape index (κ3) is 4.68. The smallest absolute Gasteiger partial charge is 0.308 e. The van der Waals surface area contributed by atoms with Gasteiger partial charge >= 0.3 is 5.97 Å². The molecule has 2 aromatic heterocycles. The number of pyridine rings is 1. The molecule has 0 unspecified atom stereocenters. The van der Waals surface area contributed by atoms with Crippen LogP contribution in [0.3, 0.4) is 0 Å². The summed E-state index contributed by atoms with van der Waals surface area (Å²) in [5, 5.41) is 0.940. The van der Waals surface area contributed by atoms with Crippen molar-refractivity contribution >= 4 is 39.7 Å². The molecular weight excluding hydrogens is 400 g/mol. The number of nitrogens with zero attached hydrogens (tertiary/aromatic N) is 2. The zero-order valence-corrected chi connectivity index (χ0v) is 17.6. The minimum Gasteiger partial charge on any atom is -0.497 e. The molecular formula is C23H22N2O4S. The minimum absolute atomic E-state index is 0.0275. The molecule has 154 valence electrons. The van der Waals surface area contributed by atoms with Crippen LogP contribution < -0.4 is 9.47 Å². The Balaban J connectivity index is 1.30. The highest BCUT2D eigenvalue weighted by Gasteiger charge is 2.37. The topological polar surface area (TPSA) is 70.5 Å². The van der Waals surface area contributed by atoms with Crippen molar-refractivity contribution in [2.24, 2.45) is 5.92 Å². The second-order valence-corrected chi connectivity index (χ2v) is 8.03. The third-order valence-electron chi connectivity index (χ3n) is 4.93. The third-order valence-corrected chi connectivity index (χ3v) is 5.91. The lowest BCUT2D eigenvalue weighted by molar-refractivity contribution is -0.151. The summed E-state index contributed by atoms with van der Waals surface area (Å²) in [6, 6.07) is 9.67. The van der Waals surface area contributed by atoms with Gasteiger partial charge in [0.25, 0.3) is 0 Å². The van der Waals surface area contributed by atoms with Crippen molar-refractivity contribution in [2.45, 2.75) is 18.9 Å². The van der Waals surface area contributed by atoms with E-state index in [0.717, 1.165) is 26.5 Å². The van der Waals surface area contributed by atoms with E-state index in [1.807, 2.05) is 54.6 Å². The van der Waals surface area contributed by atoms with Gasteiger partial charge < -0.3 is 14.2 Å². The molecule has 6 nitrogen and oxygen atoms in total. The summed E-state index contributed by atoms with van der Waals surface area (Å²) in [7, 11) is 3.07. The Labute approximate surface area is 178 Å². The number of thiazole rings is 1. The van der Waals surface area contributed by atoms with Gasteiger partial charge in [-0.2, -0.15) is 0 Å². The van der Waals surface area contributed by atoms with Gasteiger partial charge in [0.1, 0.15) is 16.9 Å². The van der Waals surface area contributed by atoms with Crippen LogP contribution in [0.25, 0.3) is 22.4 Å². The van der Waals surface area contributed by atoms with Gasteiger partial charge in [-0.05, 0) is 48.7 Å². The van der Waals surface area contributed by atoms with Crippen molar-refractivity contribution in [1.82, 2.24) is 9.97 Å². The first-order valence-corrected chi connectivity index (χ1v) is 10.5. The molecule has 0 radical (unpaired) electrons. The number of hydrogen-bond donors (Lipinski definition) is 0. The molecule has 0 bridgehead atoms. The fraction of sp³-hybridized carbons (Fsp3) is 0.261. The van der Waals surface area contributed by atoms with E-state index in [0.29, 0.717) is 18.7 Å². The van der Waals surface area contributed by atoms with Gasteiger partial charge in [-0.3, -0.25) is 4.79 Å². The van der Waals surface area contributed by atoms with E-state index in [1.165, 1.54) is 7.11 Å². The van der Waals surface area contributed by atoms with Crippen molar-refractivity contribution in [2.75, 3.05) is 14.2 Å². The Bertz CT molecular complexity index is 1080. The van der Waals surface area contributed by atoms with Crippen LogP contribution in [0.5, 0.6) is 11.6 Å². The normalized spacial score (nSPS) is 18.6. The number of carbonyl (C=O) groups is 1. The molecule has 1 saturated carbocycles. The summed E-state index contributed by atoms with van der Waals surface area (Å²) in [4.78, 5) is 20.3. The number of carbonyl (C=O) groups excluding carboxylic acids is 1. The number of rotatable bonds is 7. The highest BCUT2D eigenvalue weighted by molar-refractivity contribution is 7.19. The number of fused-ring (bicyclic) bond motifs is 1. The predicted octanol–water partition coefficient (Wildman–Crippen LogP) is 4.76. The first-order valence-electron chi connectivity index (χ1n) is 9.64. The van der Waals surface area contributed by atoms with E-state index in [4.69, 9.17) is 14.2 Å². The largest absolute Gasteiger partial charge is 0.497 e. The van der Waals surface area contributed by atoms with E-state index in [2.05, 4.69) is 9.97 Å². The lowest BCUT2D eigenvalue weighted by atomic mass is 9.82. The number of ether oxygens (including phenoxy) is 3. The second kappa shape index (κ2) is 9.09. The average molecular weight is 423 g/mol. The molecule has 0 saturated heterocycles. The quantitative estimate of drug-likeness (QED) is 0.404. The Morgan fingerprint density at radius 2 is 1.97 bits per heavy atom. The van der Waals surface area contributed by atoms with E-state index in [1.54, 1.807) is 24.6 Å². The lowest BCUT2D eigenvalue weighted by Gasteiger charge is -2.32. The number of allylic oxidation sites excluding steroid dienone is 2. The van der Waals surface area contributed by atoms with Crippen molar-refractivity contribution in [3.63, 3.8) is 0 Å². The summed E-state index contributed by atoms with van der Waals surface area (Å²) in [5.74, 6) is 1.19. The minimum atomic E-state index is -0.165. The Morgan fingerprint density at radius 3 is 2.70 bits per heavy atom. The van der Waals surface area contributed by atoms with Gasteiger partial charge in [0.15, 0.2) is 0 Å². The molecule has 0 spiro atoms. The maximum Gasteiger partial charge on any atom is 0.308 e. The molecule has 1 aromatic carbocycles. The monoisotopic (exact) mass is 422 g/mol. The van der Waals surface area contributed by atoms with E-state index < -0.39 is 0 Å². The summed E-state index contributed by atoms with van der Waals surface area (Å²) >= 11 is 1.62. The van der Waals surface area contributed by atoms with Gasteiger partial charge in [-0.25, -0.2) is 9.97 Å². The molecule has 0 N–H and O–H groups in total.